The zero-order valence-corrected chi connectivity index (χ0v) is 10.3. The Bertz CT molecular complexity index is 273. The van der Waals surface area contributed by atoms with Crippen molar-refractivity contribution in [2.45, 2.75) is 46.1 Å². The lowest BCUT2D eigenvalue weighted by Gasteiger charge is -2.29. The van der Waals surface area contributed by atoms with E-state index in [2.05, 4.69) is 0 Å². The van der Waals surface area contributed by atoms with Gasteiger partial charge in [0.15, 0.2) is 0 Å². The van der Waals surface area contributed by atoms with Crippen molar-refractivity contribution < 1.29 is 14.7 Å². The van der Waals surface area contributed by atoms with Gasteiger partial charge in [-0.25, -0.2) is 0 Å². The van der Waals surface area contributed by atoms with Crippen LogP contribution in [0, 0.1) is 11.8 Å². The summed E-state index contributed by atoms with van der Waals surface area (Å²) < 4.78 is 0. The fraction of sp³-hybridized carbons (Fsp3) is 0.833. The molecule has 1 aliphatic carbocycles. The monoisotopic (exact) mass is 227 g/mol. The highest BCUT2D eigenvalue weighted by Gasteiger charge is 2.35. The van der Waals surface area contributed by atoms with Crippen LogP contribution in [0.5, 0.6) is 0 Å². The van der Waals surface area contributed by atoms with Crippen molar-refractivity contribution in [1.29, 1.82) is 0 Å². The summed E-state index contributed by atoms with van der Waals surface area (Å²) >= 11 is 0. The molecule has 0 saturated heterocycles. The molecule has 0 aromatic rings. The van der Waals surface area contributed by atoms with E-state index in [0.29, 0.717) is 12.5 Å². The highest BCUT2D eigenvalue weighted by molar-refractivity contribution is 5.80. The van der Waals surface area contributed by atoms with Gasteiger partial charge < -0.3 is 10.0 Å². The molecule has 0 heterocycles. The smallest absolute Gasteiger partial charge is 0.305 e. The largest absolute Gasteiger partial charge is 0.481 e. The third kappa shape index (κ3) is 3.22. The molecule has 0 radical (unpaired) electrons. The second-order valence-electron chi connectivity index (χ2n) is 4.70. The molecule has 16 heavy (non-hydrogen) atoms. The lowest BCUT2D eigenvalue weighted by Crippen LogP contribution is -2.42. The molecule has 0 aromatic heterocycles. The van der Waals surface area contributed by atoms with Crippen LogP contribution in [0.2, 0.25) is 0 Å². The lowest BCUT2D eigenvalue weighted by atomic mass is 10.0. The van der Waals surface area contributed by atoms with E-state index >= 15 is 0 Å². The van der Waals surface area contributed by atoms with E-state index in [1.165, 1.54) is 0 Å². The van der Waals surface area contributed by atoms with Gasteiger partial charge in [-0.15, -0.1) is 0 Å². The zero-order valence-electron chi connectivity index (χ0n) is 10.3. The van der Waals surface area contributed by atoms with E-state index in [-0.39, 0.29) is 24.3 Å². The minimum atomic E-state index is -0.849. The summed E-state index contributed by atoms with van der Waals surface area (Å²) in [5.41, 5.74) is 0. The predicted molar refractivity (Wildman–Crippen MR) is 61.0 cm³/mol. The Balaban J connectivity index is 2.57. The fourth-order valence-corrected chi connectivity index (χ4v) is 2.11. The van der Waals surface area contributed by atoms with E-state index in [1.54, 1.807) is 11.8 Å². The second kappa shape index (κ2) is 5.32. The summed E-state index contributed by atoms with van der Waals surface area (Å²) in [6.07, 6.45) is 2.30. The SMILES string of the molecule is CCN(C(=O)C(C)C1CC1)C(C)CC(=O)O. The average Bonchev–Trinajstić information content (AvgIpc) is 2.99. The number of carbonyl (C=O) groups is 2. The van der Waals surface area contributed by atoms with Gasteiger partial charge in [0.2, 0.25) is 5.91 Å². The average molecular weight is 227 g/mol. The topological polar surface area (TPSA) is 57.6 Å². The molecule has 2 atom stereocenters. The number of carbonyl (C=O) groups excluding carboxylic acids is 1. The Hall–Kier alpha value is -1.06. The number of hydrogen-bond acceptors (Lipinski definition) is 2. The minimum absolute atomic E-state index is 0.0248. The molecular formula is C12H21NO3. The molecule has 1 rings (SSSR count). The zero-order chi connectivity index (χ0) is 12.3. The van der Waals surface area contributed by atoms with Gasteiger partial charge in [-0.05, 0) is 32.6 Å². The van der Waals surface area contributed by atoms with Crippen molar-refractivity contribution in [3.8, 4) is 0 Å². The summed E-state index contributed by atoms with van der Waals surface area (Å²) in [6.45, 7) is 6.24. The Morgan fingerprint density at radius 3 is 2.31 bits per heavy atom. The van der Waals surface area contributed by atoms with Crippen molar-refractivity contribution in [1.82, 2.24) is 4.90 Å². The van der Waals surface area contributed by atoms with E-state index in [4.69, 9.17) is 5.11 Å². The maximum atomic E-state index is 12.1. The quantitative estimate of drug-likeness (QED) is 0.752. The van der Waals surface area contributed by atoms with Crippen molar-refractivity contribution in [2.75, 3.05) is 6.54 Å². The molecule has 0 aromatic carbocycles. The molecule has 4 heteroatoms. The first kappa shape index (κ1) is 13.0. The molecule has 0 bridgehead atoms. The maximum Gasteiger partial charge on any atom is 0.305 e. The third-order valence-corrected chi connectivity index (χ3v) is 3.34. The molecule has 1 amide bonds. The predicted octanol–water partition coefficient (Wildman–Crippen LogP) is 1.74. The van der Waals surface area contributed by atoms with Gasteiger partial charge in [-0.1, -0.05) is 6.92 Å². The molecule has 1 aliphatic rings. The van der Waals surface area contributed by atoms with Gasteiger partial charge in [0.1, 0.15) is 0 Å². The Morgan fingerprint density at radius 1 is 1.38 bits per heavy atom. The summed E-state index contributed by atoms with van der Waals surface area (Å²) in [7, 11) is 0. The molecule has 2 unspecified atom stereocenters. The van der Waals surface area contributed by atoms with Gasteiger partial charge in [-0.3, -0.25) is 9.59 Å². The Kier molecular flexibility index (Phi) is 4.33. The molecule has 0 aliphatic heterocycles. The molecule has 1 saturated carbocycles. The highest BCUT2D eigenvalue weighted by atomic mass is 16.4. The van der Waals surface area contributed by atoms with Crippen LogP contribution in [0.3, 0.4) is 0 Å². The van der Waals surface area contributed by atoms with Gasteiger partial charge in [-0.2, -0.15) is 0 Å². The fourth-order valence-electron chi connectivity index (χ4n) is 2.11. The number of carboxylic acid groups (broad SMARTS) is 1. The first-order chi connectivity index (χ1) is 7.47. The molecule has 1 fully saturated rings. The maximum absolute atomic E-state index is 12.1. The molecule has 1 N–H and O–H groups in total. The van der Waals surface area contributed by atoms with E-state index < -0.39 is 5.97 Å². The van der Waals surface area contributed by atoms with Crippen LogP contribution < -0.4 is 0 Å². The van der Waals surface area contributed by atoms with E-state index in [0.717, 1.165) is 12.8 Å². The summed E-state index contributed by atoms with van der Waals surface area (Å²) in [4.78, 5) is 24.4. The normalized spacial score (nSPS) is 18.9. The molecule has 0 spiro atoms. The summed E-state index contributed by atoms with van der Waals surface area (Å²) in [5, 5.41) is 8.73. The van der Waals surface area contributed by atoms with Crippen LogP contribution in [-0.4, -0.2) is 34.5 Å². The second-order valence-corrected chi connectivity index (χ2v) is 4.70. The highest BCUT2D eigenvalue weighted by Crippen LogP contribution is 2.37. The van der Waals surface area contributed by atoms with Gasteiger partial charge in [0, 0.05) is 18.5 Å². The minimum Gasteiger partial charge on any atom is -0.481 e. The van der Waals surface area contributed by atoms with Crippen molar-refractivity contribution in [3.63, 3.8) is 0 Å². The van der Waals surface area contributed by atoms with Gasteiger partial charge >= 0.3 is 5.97 Å². The van der Waals surface area contributed by atoms with Crippen LogP contribution >= 0.6 is 0 Å². The number of amides is 1. The lowest BCUT2D eigenvalue weighted by molar-refractivity contribution is -0.142. The number of rotatable bonds is 6. The molecular weight excluding hydrogens is 206 g/mol. The number of hydrogen-bond donors (Lipinski definition) is 1. The van der Waals surface area contributed by atoms with Crippen LogP contribution in [0.25, 0.3) is 0 Å². The number of aliphatic carboxylic acids is 1. The van der Waals surface area contributed by atoms with E-state index in [9.17, 15) is 9.59 Å². The van der Waals surface area contributed by atoms with Crippen LogP contribution in [0.1, 0.15) is 40.0 Å². The summed E-state index contributed by atoms with van der Waals surface area (Å²) in [5.74, 6) is -0.161. The Morgan fingerprint density at radius 2 is 1.94 bits per heavy atom. The van der Waals surface area contributed by atoms with Crippen LogP contribution in [0.15, 0.2) is 0 Å². The Labute approximate surface area is 96.6 Å². The van der Waals surface area contributed by atoms with Crippen LogP contribution in [-0.2, 0) is 9.59 Å². The van der Waals surface area contributed by atoms with Crippen molar-refractivity contribution in [2.24, 2.45) is 11.8 Å². The third-order valence-electron chi connectivity index (χ3n) is 3.34. The first-order valence-electron chi connectivity index (χ1n) is 5.99. The van der Waals surface area contributed by atoms with Crippen molar-refractivity contribution >= 4 is 11.9 Å². The van der Waals surface area contributed by atoms with Gasteiger partial charge in [0.05, 0.1) is 6.42 Å². The van der Waals surface area contributed by atoms with E-state index in [1.807, 2.05) is 13.8 Å². The number of nitrogens with zero attached hydrogens (tertiary/aromatic N) is 1. The standard InChI is InChI=1S/C12H21NO3/c1-4-13(8(2)7-11(14)15)12(16)9(3)10-5-6-10/h8-10H,4-7H2,1-3H3,(H,14,15). The van der Waals surface area contributed by atoms with Crippen molar-refractivity contribution in [3.05, 3.63) is 0 Å². The molecule has 92 valence electrons. The van der Waals surface area contributed by atoms with Crippen LogP contribution in [0.4, 0.5) is 0 Å². The first-order valence-corrected chi connectivity index (χ1v) is 5.99. The molecule has 4 nitrogen and oxygen atoms in total. The van der Waals surface area contributed by atoms with Gasteiger partial charge in [0.25, 0.3) is 0 Å². The number of carboxylic acids is 1. The summed E-state index contributed by atoms with van der Waals surface area (Å²) in [6, 6.07) is -0.212.